The summed E-state index contributed by atoms with van der Waals surface area (Å²) >= 11 is 0. The van der Waals surface area contributed by atoms with Crippen molar-refractivity contribution in [3.8, 4) is 0 Å². The molecule has 2 aliphatic heterocycles. The van der Waals surface area contributed by atoms with Gasteiger partial charge in [-0.25, -0.2) is 0 Å². The average Bonchev–Trinajstić information content (AvgIpc) is 3.21. The van der Waals surface area contributed by atoms with Crippen LogP contribution in [0.25, 0.3) is 0 Å². The van der Waals surface area contributed by atoms with Gasteiger partial charge in [0.05, 0.1) is 13.5 Å². The van der Waals surface area contributed by atoms with Crippen molar-refractivity contribution in [3.63, 3.8) is 0 Å². The van der Waals surface area contributed by atoms with Gasteiger partial charge in [-0.2, -0.15) is 0 Å². The normalized spacial score (nSPS) is 24.5. The number of allylic oxidation sites excluding steroid dienone is 2. The molecule has 0 saturated heterocycles. The Morgan fingerprint density at radius 2 is 1.76 bits per heavy atom. The van der Waals surface area contributed by atoms with E-state index in [-0.39, 0.29) is 12.2 Å². The molecule has 3 rings (SSSR count). The van der Waals surface area contributed by atoms with Crippen LogP contribution in [0.5, 0.6) is 0 Å². The Labute approximate surface area is 194 Å². The van der Waals surface area contributed by atoms with Crippen LogP contribution in [-0.2, 0) is 23.9 Å². The van der Waals surface area contributed by atoms with Crippen LogP contribution >= 0.6 is 0 Å². The standard InChI is InChI=1S/C26H30N2O5/c1-16-20(23(30)26(13-10-14-27-26)15-19(29)33-25(3,4)5)22(18-11-8-7-9-12-18)21(17(2)28-16)24(31)32-6/h7-14,21-22H,15H2,1-6H3. The summed E-state index contributed by atoms with van der Waals surface area (Å²) in [7, 11) is 1.32. The first kappa shape index (κ1) is 24.3. The zero-order valence-electron chi connectivity index (χ0n) is 19.9. The molecular weight excluding hydrogens is 420 g/mol. The lowest BCUT2D eigenvalue weighted by molar-refractivity contribution is -0.156. The Morgan fingerprint density at radius 1 is 1.09 bits per heavy atom. The number of hydrogen-bond donors (Lipinski definition) is 0. The molecule has 0 bridgehead atoms. The van der Waals surface area contributed by atoms with Gasteiger partial charge in [0.2, 0.25) is 0 Å². The number of rotatable bonds is 6. The predicted molar refractivity (Wildman–Crippen MR) is 126 cm³/mol. The third-order valence-electron chi connectivity index (χ3n) is 5.68. The zero-order valence-corrected chi connectivity index (χ0v) is 19.9. The largest absolute Gasteiger partial charge is 0.468 e. The summed E-state index contributed by atoms with van der Waals surface area (Å²) in [5.74, 6) is -2.78. The second-order valence-corrected chi connectivity index (χ2v) is 9.30. The smallest absolute Gasteiger partial charge is 0.315 e. The van der Waals surface area contributed by atoms with E-state index in [9.17, 15) is 14.4 Å². The monoisotopic (exact) mass is 450 g/mol. The van der Waals surface area contributed by atoms with Crippen molar-refractivity contribution in [1.82, 2.24) is 0 Å². The molecular formula is C26H30N2O5. The number of ether oxygens (including phenoxy) is 2. The first-order valence-electron chi connectivity index (χ1n) is 10.9. The molecule has 7 nitrogen and oxygen atoms in total. The van der Waals surface area contributed by atoms with Gasteiger partial charge in [-0.05, 0) is 52.3 Å². The lowest BCUT2D eigenvalue weighted by atomic mass is 9.71. The zero-order chi connectivity index (χ0) is 24.4. The number of nitrogens with zero attached hydrogens (tertiary/aromatic N) is 2. The van der Waals surface area contributed by atoms with Crippen LogP contribution in [0.15, 0.2) is 63.7 Å². The van der Waals surface area contributed by atoms with Crippen LogP contribution < -0.4 is 0 Å². The molecule has 7 heteroatoms. The molecule has 0 spiro atoms. The summed E-state index contributed by atoms with van der Waals surface area (Å²) in [5, 5.41) is 0. The lowest BCUT2D eigenvalue weighted by Crippen LogP contribution is -2.43. The third kappa shape index (κ3) is 5.02. The van der Waals surface area contributed by atoms with E-state index in [1.54, 1.807) is 46.8 Å². The molecule has 33 heavy (non-hydrogen) atoms. The molecule has 1 aromatic rings. The minimum Gasteiger partial charge on any atom is -0.468 e. The highest BCUT2D eigenvalue weighted by Gasteiger charge is 2.48. The van der Waals surface area contributed by atoms with Crippen LogP contribution in [0.1, 0.15) is 52.5 Å². The van der Waals surface area contributed by atoms with Crippen molar-refractivity contribution in [1.29, 1.82) is 0 Å². The third-order valence-corrected chi connectivity index (χ3v) is 5.68. The molecule has 0 N–H and O–H groups in total. The quantitative estimate of drug-likeness (QED) is 0.611. The summed E-state index contributed by atoms with van der Waals surface area (Å²) in [6.07, 6.45) is 4.51. The summed E-state index contributed by atoms with van der Waals surface area (Å²) in [5.41, 5.74) is 0.0322. The van der Waals surface area contributed by atoms with E-state index in [1.807, 2.05) is 30.3 Å². The van der Waals surface area contributed by atoms with Gasteiger partial charge in [0, 0.05) is 29.1 Å². The topological polar surface area (TPSA) is 94.4 Å². The Balaban J connectivity index is 2.12. The molecule has 174 valence electrons. The van der Waals surface area contributed by atoms with E-state index >= 15 is 0 Å². The lowest BCUT2D eigenvalue weighted by Gasteiger charge is -2.35. The van der Waals surface area contributed by atoms with Gasteiger partial charge in [0.15, 0.2) is 11.3 Å². The molecule has 0 fully saturated rings. The van der Waals surface area contributed by atoms with Crippen molar-refractivity contribution in [2.75, 3.05) is 7.11 Å². The van der Waals surface area contributed by atoms with Gasteiger partial charge in [-0.15, -0.1) is 0 Å². The van der Waals surface area contributed by atoms with Gasteiger partial charge in [0.25, 0.3) is 0 Å². The predicted octanol–water partition coefficient (Wildman–Crippen LogP) is 3.99. The highest BCUT2D eigenvalue weighted by molar-refractivity contribution is 6.13. The fourth-order valence-corrected chi connectivity index (χ4v) is 4.36. The summed E-state index contributed by atoms with van der Waals surface area (Å²) < 4.78 is 10.6. The number of aliphatic imine (C=N–C) groups is 2. The van der Waals surface area contributed by atoms with Crippen molar-refractivity contribution in [2.45, 2.75) is 58.1 Å². The highest BCUT2D eigenvalue weighted by atomic mass is 16.6. The maximum absolute atomic E-state index is 14.1. The van der Waals surface area contributed by atoms with Crippen LogP contribution in [0, 0.1) is 5.92 Å². The second-order valence-electron chi connectivity index (χ2n) is 9.30. The molecule has 0 aliphatic carbocycles. The van der Waals surface area contributed by atoms with Crippen molar-refractivity contribution >= 4 is 29.6 Å². The van der Waals surface area contributed by atoms with E-state index in [0.29, 0.717) is 17.0 Å². The van der Waals surface area contributed by atoms with Gasteiger partial charge < -0.3 is 9.47 Å². The van der Waals surface area contributed by atoms with Gasteiger partial charge >= 0.3 is 11.9 Å². The second kappa shape index (κ2) is 9.25. The van der Waals surface area contributed by atoms with E-state index in [2.05, 4.69) is 9.98 Å². The van der Waals surface area contributed by atoms with Crippen molar-refractivity contribution < 1.29 is 23.9 Å². The van der Waals surface area contributed by atoms with Crippen LogP contribution in [0.2, 0.25) is 0 Å². The Bertz CT molecular complexity index is 1060. The maximum atomic E-state index is 14.1. The Hall–Kier alpha value is -3.35. The highest BCUT2D eigenvalue weighted by Crippen LogP contribution is 2.43. The number of ketones is 1. The van der Waals surface area contributed by atoms with Crippen molar-refractivity contribution in [3.05, 3.63) is 59.3 Å². The SMILES string of the molecule is COC(=O)C1C(C)=NC(C)=C(C(=O)C2(CC(=O)OC(C)(C)C)C=CC=N2)C1c1ccccc1. The molecule has 0 saturated carbocycles. The number of benzene rings is 1. The van der Waals surface area contributed by atoms with E-state index in [0.717, 1.165) is 5.56 Å². The maximum Gasteiger partial charge on any atom is 0.315 e. The number of carbonyl (C=O) groups excluding carboxylic acids is 3. The fourth-order valence-electron chi connectivity index (χ4n) is 4.36. The Kier molecular flexibility index (Phi) is 6.81. The van der Waals surface area contributed by atoms with Crippen molar-refractivity contribution in [2.24, 2.45) is 15.9 Å². The van der Waals surface area contributed by atoms with E-state index in [1.165, 1.54) is 13.3 Å². The number of Topliss-reactive ketones (excluding diaryl/α,β-unsaturated/α-hetero) is 1. The molecule has 1 aromatic carbocycles. The van der Waals surface area contributed by atoms with Gasteiger partial charge in [-0.1, -0.05) is 30.3 Å². The molecule has 3 unspecified atom stereocenters. The summed E-state index contributed by atoms with van der Waals surface area (Å²) in [6.45, 7) is 8.80. The van der Waals surface area contributed by atoms with E-state index in [4.69, 9.17) is 9.47 Å². The van der Waals surface area contributed by atoms with Crippen LogP contribution in [0.4, 0.5) is 0 Å². The Morgan fingerprint density at radius 3 is 2.30 bits per heavy atom. The minimum absolute atomic E-state index is 0.250. The number of carbonyl (C=O) groups is 3. The molecule has 0 aromatic heterocycles. The average molecular weight is 451 g/mol. The first-order chi connectivity index (χ1) is 15.5. The number of methoxy groups -OCH3 is 1. The molecule has 2 heterocycles. The van der Waals surface area contributed by atoms with E-state index < -0.39 is 34.9 Å². The van der Waals surface area contributed by atoms with Gasteiger partial charge in [0.1, 0.15) is 11.5 Å². The van der Waals surface area contributed by atoms with Crippen LogP contribution in [-0.4, -0.2) is 47.9 Å². The number of hydrogen-bond acceptors (Lipinski definition) is 7. The fraction of sp³-hybridized carbons (Fsp3) is 0.423. The van der Waals surface area contributed by atoms with Crippen LogP contribution in [0.3, 0.4) is 0 Å². The van der Waals surface area contributed by atoms with Gasteiger partial charge in [-0.3, -0.25) is 24.4 Å². The molecule has 2 aliphatic rings. The minimum atomic E-state index is -1.45. The summed E-state index contributed by atoms with van der Waals surface area (Å²) in [6, 6.07) is 9.31. The summed E-state index contributed by atoms with van der Waals surface area (Å²) in [4.78, 5) is 48.6. The molecule has 3 atom stereocenters. The molecule has 0 radical (unpaired) electrons. The molecule has 0 amide bonds. The first-order valence-corrected chi connectivity index (χ1v) is 10.9. The number of esters is 2.